The first-order valence-electron chi connectivity index (χ1n) is 4.27. The average Bonchev–Trinajstić information content (AvgIpc) is 2.43. The van der Waals surface area contributed by atoms with Crippen molar-refractivity contribution in [1.82, 2.24) is 9.97 Å². The molecule has 0 saturated carbocycles. The zero-order valence-electron chi connectivity index (χ0n) is 6.99. The lowest BCUT2D eigenvalue weighted by molar-refractivity contribution is 1.26. The van der Waals surface area contributed by atoms with Crippen molar-refractivity contribution >= 4 is 16.6 Å². The molecule has 2 nitrogen and oxygen atoms in total. The zero-order valence-corrected chi connectivity index (χ0v) is 6.99. The molecule has 62 valence electrons. The van der Waals surface area contributed by atoms with Crippen LogP contribution in [-0.4, -0.2) is 9.97 Å². The fourth-order valence-corrected chi connectivity index (χ4v) is 1.44. The molecule has 0 unspecified atom stereocenters. The third-order valence-corrected chi connectivity index (χ3v) is 2.21. The van der Waals surface area contributed by atoms with Crippen molar-refractivity contribution < 1.29 is 0 Å². The molecule has 1 heterocycles. The van der Waals surface area contributed by atoms with Gasteiger partial charge in [-0.25, -0.2) is 4.98 Å². The number of rotatable bonds is 1. The Kier molecular flexibility index (Phi) is 1.19. The van der Waals surface area contributed by atoms with Crippen LogP contribution in [0.3, 0.4) is 0 Å². The first-order valence-corrected chi connectivity index (χ1v) is 4.27. The quantitative estimate of drug-likeness (QED) is 0.696. The molecule has 0 atom stereocenters. The maximum Gasteiger partial charge on any atom is 0.138 e. The Morgan fingerprint density at radius 1 is 1.15 bits per heavy atom. The number of nitrogens with one attached hydrogen (secondary N) is 1. The number of aromatic amines is 1. The summed E-state index contributed by atoms with van der Waals surface area (Å²) in [5, 5.41) is 0. The fourth-order valence-electron chi connectivity index (χ4n) is 1.44. The largest absolute Gasteiger partial charge is 0.338 e. The van der Waals surface area contributed by atoms with Gasteiger partial charge >= 0.3 is 0 Å². The van der Waals surface area contributed by atoms with Crippen molar-refractivity contribution in [2.75, 3.05) is 0 Å². The second kappa shape index (κ2) is 2.33. The molecular formula is C11H8N2. The highest BCUT2D eigenvalue weighted by Gasteiger charge is 2.06. The van der Waals surface area contributed by atoms with Gasteiger partial charge in [0.1, 0.15) is 5.82 Å². The molecule has 1 aromatic heterocycles. The summed E-state index contributed by atoms with van der Waals surface area (Å²) in [7, 11) is 0. The maximum absolute atomic E-state index is 4.46. The monoisotopic (exact) mass is 168 g/mol. The number of H-pyrrole nitrogens is 1. The molecule has 13 heavy (non-hydrogen) atoms. The van der Waals surface area contributed by atoms with E-state index in [9.17, 15) is 0 Å². The first-order chi connectivity index (χ1) is 6.43. The van der Waals surface area contributed by atoms with Crippen molar-refractivity contribution in [2.45, 2.75) is 0 Å². The number of hydrogen-bond acceptors (Lipinski definition) is 1. The van der Waals surface area contributed by atoms with Gasteiger partial charge in [0.05, 0.1) is 11.0 Å². The number of hydrogen-bond donors (Lipinski definition) is 1. The Morgan fingerprint density at radius 3 is 2.69 bits per heavy atom. The molecule has 1 N–H and O–H groups in total. The average molecular weight is 168 g/mol. The van der Waals surface area contributed by atoms with Gasteiger partial charge in [-0.15, -0.1) is 0 Å². The van der Waals surface area contributed by atoms with E-state index in [1.165, 1.54) is 5.57 Å². The molecule has 0 fully saturated rings. The number of imidazole rings is 1. The molecule has 0 saturated heterocycles. The molecule has 2 heteroatoms. The van der Waals surface area contributed by atoms with Crippen LogP contribution in [0.25, 0.3) is 16.6 Å². The summed E-state index contributed by atoms with van der Waals surface area (Å²) in [6.07, 6.45) is 6.12. The second-order valence-corrected chi connectivity index (χ2v) is 3.08. The number of fused-ring (bicyclic) bond motifs is 1. The minimum absolute atomic E-state index is 0.962. The van der Waals surface area contributed by atoms with E-state index in [0.29, 0.717) is 0 Å². The van der Waals surface area contributed by atoms with Crippen LogP contribution in [0.15, 0.2) is 42.5 Å². The van der Waals surface area contributed by atoms with Crippen LogP contribution in [0.2, 0.25) is 0 Å². The standard InChI is InChI=1S/C11H8N2/c1-2-7-10-9(6-1)12-11(13-10)8-4-3-5-8/h1-7H,(H,12,13). The van der Waals surface area contributed by atoms with Crippen LogP contribution in [0, 0.1) is 0 Å². The van der Waals surface area contributed by atoms with Gasteiger partial charge in [-0.2, -0.15) is 0 Å². The number of nitrogens with zero attached hydrogens (tertiary/aromatic N) is 1. The van der Waals surface area contributed by atoms with Gasteiger partial charge < -0.3 is 4.98 Å². The maximum atomic E-state index is 4.46. The van der Waals surface area contributed by atoms with Gasteiger partial charge in [-0.1, -0.05) is 30.4 Å². The molecule has 0 bridgehead atoms. The van der Waals surface area contributed by atoms with Crippen LogP contribution in [0.5, 0.6) is 0 Å². The highest BCUT2D eigenvalue weighted by molar-refractivity contribution is 5.84. The Hall–Kier alpha value is -1.83. The van der Waals surface area contributed by atoms with Gasteiger partial charge in [0.2, 0.25) is 0 Å². The van der Waals surface area contributed by atoms with Crippen LogP contribution in [0.1, 0.15) is 5.82 Å². The van der Waals surface area contributed by atoms with E-state index in [1.807, 2.05) is 30.3 Å². The molecule has 1 aromatic carbocycles. The predicted molar refractivity (Wildman–Crippen MR) is 53.2 cm³/mol. The van der Waals surface area contributed by atoms with E-state index in [0.717, 1.165) is 16.9 Å². The van der Waals surface area contributed by atoms with Crippen molar-refractivity contribution in [2.24, 2.45) is 0 Å². The van der Waals surface area contributed by atoms with Crippen LogP contribution in [0.4, 0.5) is 0 Å². The second-order valence-electron chi connectivity index (χ2n) is 3.08. The van der Waals surface area contributed by atoms with Gasteiger partial charge in [-0.3, -0.25) is 0 Å². The molecule has 0 amide bonds. The minimum atomic E-state index is 0.962. The van der Waals surface area contributed by atoms with Gasteiger partial charge in [0.25, 0.3) is 0 Å². The summed E-state index contributed by atoms with van der Waals surface area (Å²) in [5.74, 6) is 0.962. The lowest BCUT2D eigenvalue weighted by Crippen LogP contribution is -1.87. The van der Waals surface area contributed by atoms with E-state index >= 15 is 0 Å². The van der Waals surface area contributed by atoms with Crippen molar-refractivity contribution in [3.8, 4) is 0 Å². The molecular weight excluding hydrogens is 160 g/mol. The molecule has 0 aliphatic heterocycles. The molecule has 3 rings (SSSR count). The third kappa shape index (κ3) is 0.920. The smallest absolute Gasteiger partial charge is 0.138 e. The lowest BCUT2D eigenvalue weighted by Gasteiger charge is -2.01. The Labute approximate surface area is 75.6 Å². The van der Waals surface area contributed by atoms with E-state index in [4.69, 9.17) is 0 Å². The SMILES string of the molecule is C1=CC(c2nc3ccccc3[nH]2)=C1. The van der Waals surface area contributed by atoms with E-state index in [2.05, 4.69) is 22.1 Å². The van der Waals surface area contributed by atoms with E-state index in [1.54, 1.807) is 0 Å². The highest BCUT2D eigenvalue weighted by Crippen LogP contribution is 2.21. The molecule has 0 radical (unpaired) electrons. The third-order valence-electron chi connectivity index (χ3n) is 2.21. The summed E-state index contributed by atoms with van der Waals surface area (Å²) >= 11 is 0. The minimum Gasteiger partial charge on any atom is -0.338 e. The van der Waals surface area contributed by atoms with Crippen LogP contribution < -0.4 is 0 Å². The van der Waals surface area contributed by atoms with Gasteiger partial charge in [0.15, 0.2) is 0 Å². The van der Waals surface area contributed by atoms with Crippen molar-refractivity contribution in [3.05, 3.63) is 48.3 Å². The fraction of sp³-hybridized carbons (Fsp3) is 0. The number of allylic oxidation sites excluding steroid dienone is 4. The first kappa shape index (κ1) is 6.66. The van der Waals surface area contributed by atoms with Gasteiger partial charge in [-0.05, 0) is 12.1 Å². The Balaban J connectivity index is 2.22. The topological polar surface area (TPSA) is 28.7 Å². The summed E-state index contributed by atoms with van der Waals surface area (Å²) in [4.78, 5) is 7.73. The Morgan fingerprint density at radius 2 is 2.00 bits per heavy atom. The molecule has 1 aliphatic rings. The van der Waals surface area contributed by atoms with Crippen LogP contribution >= 0.6 is 0 Å². The van der Waals surface area contributed by atoms with Gasteiger partial charge in [0, 0.05) is 5.57 Å². The summed E-state index contributed by atoms with van der Waals surface area (Å²) in [6.45, 7) is 0. The Bertz CT molecular complexity index is 485. The zero-order chi connectivity index (χ0) is 8.67. The summed E-state index contributed by atoms with van der Waals surface area (Å²) in [6, 6.07) is 8.06. The highest BCUT2D eigenvalue weighted by atomic mass is 14.9. The van der Waals surface area contributed by atoms with Crippen molar-refractivity contribution in [1.29, 1.82) is 0 Å². The van der Waals surface area contributed by atoms with Crippen molar-refractivity contribution in [3.63, 3.8) is 0 Å². The molecule has 2 aromatic rings. The summed E-state index contributed by atoms with van der Waals surface area (Å²) in [5.41, 5.74) is 3.30. The van der Waals surface area contributed by atoms with E-state index < -0.39 is 0 Å². The molecule has 1 aliphatic carbocycles. The number of aromatic nitrogens is 2. The normalized spacial score (nSPS) is 14.3. The number of benzene rings is 1. The molecule has 0 spiro atoms. The van der Waals surface area contributed by atoms with E-state index in [-0.39, 0.29) is 0 Å². The predicted octanol–water partition coefficient (Wildman–Crippen LogP) is 2.52. The number of para-hydroxylation sites is 2. The van der Waals surface area contributed by atoms with Crippen LogP contribution in [-0.2, 0) is 0 Å². The lowest BCUT2D eigenvalue weighted by atomic mass is 10.1. The summed E-state index contributed by atoms with van der Waals surface area (Å²) < 4.78 is 0.